The van der Waals surface area contributed by atoms with Gasteiger partial charge in [-0.15, -0.1) is 11.3 Å². The number of thiophene rings is 1. The normalized spacial score (nSPS) is 10.6. The molecule has 0 bridgehead atoms. The zero-order valence-electron chi connectivity index (χ0n) is 6.86. The molecule has 1 heterocycles. The van der Waals surface area contributed by atoms with E-state index in [-0.39, 0.29) is 5.69 Å². The number of nitrogens with zero attached hydrogens (tertiary/aromatic N) is 1. The van der Waals surface area contributed by atoms with Gasteiger partial charge in [0.2, 0.25) is 0 Å². The van der Waals surface area contributed by atoms with E-state index < -0.39 is 4.92 Å². The van der Waals surface area contributed by atoms with Crippen LogP contribution in [0.4, 0.5) is 10.7 Å². The summed E-state index contributed by atoms with van der Waals surface area (Å²) < 4.78 is 0.665. The first kappa shape index (κ1) is 9.23. The van der Waals surface area contributed by atoms with Gasteiger partial charge >= 0.3 is 0 Å². The standard InChI is InChI=1S/C8H5ClN2O2S/c9-5-1-2-6(11(12)13)4-3-7(10)14-8(4)5/h1-3H,10H2. The summed E-state index contributed by atoms with van der Waals surface area (Å²) in [7, 11) is 0. The van der Waals surface area contributed by atoms with Gasteiger partial charge in [0, 0.05) is 6.07 Å². The molecule has 14 heavy (non-hydrogen) atoms. The van der Waals surface area contributed by atoms with E-state index in [1.54, 1.807) is 6.07 Å². The average molecular weight is 229 g/mol. The van der Waals surface area contributed by atoms with Gasteiger partial charge in [0.1, 0.15) is 0 Å². The molecule has 1 aromatic heterocycles. The molecule has 0 saturated carbocycles. The number of halogens is 1. The molecule has 4 nitrogen and oxygen atoms in total. The first-order valence-corrected chi connectivity index (χ1v) is 4.91. The molecule has 0 spiro atoms. The molecule has 0 atom stereocenters. The van der Waals surface area contributed by atoms with Crippen molar-refractivity contribution in [2.75, 3.05) is 5.73 Å². The second-order valence-electron chi connectivity index (χ2n) is 2.72. The lowest BCUT2D eigenvalue weighted by Gasteiger charge is -1.94. The molecule has 72 valence electrons. The van der Waals surface area contributed by atoms with Crippen molar-refractivity contribution < 1.29 is 4.92 Å². The van der Waals surface area contributed by atoms with Crippen LogP contribution in [0.25, 0.3) is 10.1 Å². The number of fused-ring (bicyclic) bond motifs is 1. The minimum Gasteiger partial charge on any atom is -0.391 e. The van der Waals surface area contributed by atoms with E-state index in [9.17, 15) is 10.1 Å². The highest BCUT2D eigenvalue weighted by atomic mass is 35.5. The van der Waals surface area contributed by atoms with E-state index in [4.69, 9.17) is 17.3 Å². The van der Waals surface area contributed by atoms with E-state index in [1.165, 1.54) is 23.5 Å². The highest BCUT2D eigenvalue weighted by Crippen LogP contribution is 2.38. The van der Waals surface area contributed by atoms with Crippen molar-refractivity contribution in [3.05, 3.63) is 33.3 Å². The zero-order chi connectivity index (χ0) is 10.3. The second kappa shape index (κ2) is 3.11. The van der Waals surface area contributed by atoms with Crippen molar-refractivity contribution in [1.29, 1.82) is 0 Å². The zero-order valence-corrected chi connectivity index (χ0v) is 8.43. The molecular formula is C8H5ClN2O2S. The third-order valence-electron chi connectivity index (χ3n) is 1.83. The van der Waals surface area contributed by atoms with Crippen LogP contribution < -0.4 is 5.73 Å². The van der Waals surface area contributed by atoms with Crippen molar-refractivity contribution in [2.24, 2.45) is 0 Å². The van der Waals surface area contributed by atoms with Crippen molar-refractivity contribution in [3.63, 3.8) is 0 Å². The van der Waals surface area contributed by atoms with Gasteiger partial charge in [0.15, 0.2) is 0 Å². The molecule has 0 aliphatic rings. The Bertz CT molecular complexity index is 523. The Morgan fingerprint density at radius 1 is 1.50 bits per heavy atom. The number of nitro groups is 1. The summed E-state index contributed by atoms with van der Waals surface area (Å²) in [5, 5.41) is 12.2. The molecule has 2 N–H and O–H groups in total. The Morgan fingerprint density at radius 2 is 2.21 bits per heavy atom. The van der Waals surface area contributed by atoms with Crippen LogP contribution in [0.1, 0.15) is 0 Å². The molecule has 0 aliphatic carbocycles. The maximum Gasteiger partial charge on any atom is 0.278 e. The lowest BCUT2D eigenvalue weighted by Crippen LogP contribution is -1.87. The Kier molecular flexibility index (Phi) is 2.05. The van der Waals surface area contributed by atoms with Crippen LogP contribution in [-0.2, 0) is 0 Å². The first-order chi connectivity index (χ1) is 6.59. The minimum atomic E-state index is -0.440. The number of anilines is 1. The molecule has 2 rings (SSSR count). The van der Waals surface area contributed by atoms with Crippen molar-refractivity contribution in [1.82, 2.24) is 0 Å². The van der Waals surface area contributed by atoms with Crippen molar-refractivity contribution in [2.45, 2.75) is 0 Å². The van der Waals surface area contributed by atoms with Gasteiger partial charge in [-0.1, -0.05) is 11.6 Å². The fourth-order valence-electron chi connectivity index (χ4n) is 1.25. The summed E-state index contributed by atoms with van der Waals surface area (Å²) in [6, 6.07) is 4.47. The number of nitrogens with two attached hydrogens (primary N) is 1. The summed E-state index contributed by atoms with van der Waals surface area (Å²) in [4.78, 5) is 10.2. The fraction of sp³-hybridized carbons (Fsp3) is 0. The summed E-state index contributed by atoms with van der Waals surface area (Å²) >= 11 is 7.13. The molecule has 6 heteroatoms. The van der Waals surface area contributed by atoms with E-state index in [1.807, 2.05) is 0 Å². The van der Waals surface area contributed by atoms with Crippen molar-refractivity contribution >= 4 is 43.7 Å². The van der Waals surface area contributed by atoms with Crippen LogP contribution >= 0.6 is 22.9 Å². The van der Waals surface area contributed by atoms with E-state index in [0.717, 1.165) is 0 Å². The SMILES string of the molecule is Nc1cc2c([N+](=O)[O-])ccc(Cl)c2s1. The molecule has 0 unspecified atom stereocenters. The third-order valence-corrected chi connectivity index (χ3v) is 3.25. The Balaban J connectivity index is 2.87. The highest BCUT2D eigenvalue weighted by molar-refractivity contribution is 7.23. The Hall–Kier alpha value is -1.33. The van der Waals surface area contributed by atoms with Crippen LogP contribution in [0.2, 0.25) is 5.02 Å². The number of benzene rings is 1. The average Bonchev–Trinajstić information content (AvgIpc) is 2.47. The first-order valence-electron chi connectivity index (χ1n) is 3.71. The number of hydrogen-bond donors (Lipinski definition) is 1. The van der Waals surface area contributed by atoms with Gasteiger partial charge in [-0.05, 0) is 12.1 Å². The molecular weight excluding hydrogens is 224 g/mol. The quantitative estimate of drug-likeness (QED) is 0.602. The second-order valence-corrected chi connectivity index (χ2v) is 4.21. The summed E-state index contributed by atoms with van der Waals surface area (Å²) in [5.74, 6) is 0. The van der Waals surface area contributed by atoms with Gasteiger partial charge in [-0.25, -0.2) is 0 Å². The molecule has 0 amide bonds. The van der Waals surface area contributed by atoms with Gasteiger partial charge in [0.05, 0.1) is 25.0 Å². The number of nitrogen functional groups attached to an aromatic ring is 1. The lowest BCUT2D eigenvalue weighted by molar-refractivity contribution is -0.383. The topological polar surface area (TPSA) is 69.2 Å². The molecule has 2 aromatic rings. The molecule has 0 aliphatic heterocycles. The summed E-state index contributed by atoms with van der Waals surface area (Å²) in [5.41, 5.74) is 5.60. The van der Waals surface area contributed by atoms with Crippen LogP contribution in [0.3, 0.4) is 0 Å². The van der Waals surface area contributed by atoms with Crippen LogP contribution in [-0.4, -0.2) is 4.92 Å². The number of non-ortho nitro benzene ring substituents is 1. The third kappa shape index (κ3) is 1.30. The van der Waals surface area contributed by atoms with Crippen LogP contribution in [0.15, 0.2) is 18.2 Å². The fourth-order valence-corrected chi connectivity index (χ4v) is 2.39. The predicted octanol–water partition coefficient (Wildman–Crippen LogP) is 3.05. The van der Waals surface area contributed by atoms with E-state index in [0.29, 0.717) is 20.1 Å². The monoisotopic (exact) mass is 228 g/mol. The molecule has 1 aromatic carbocycles. The van der Waals surface area contributed by atoms with Crippen molar-refractivity contribution in [3.8, 4) is 0 Å². The maximum absolute atomic E-state index is 10.7. The smallest absolute Gasteiger partial charge is 0.278 e. The van der Waals surface area contributed by atoms with Gasteiger partial charge in [-0.2, -0.15) is 0 Å². The van der Waals surface area contributed by atoms with Crippen LogP contribution in [0, 0.1) is 10.1 Å². The van der Waals surface area contributed by atoms with Crippen LogP contribution in [0.5, 0.6) is 0 Å². The summed E-state index contributed by atoms with van der Waals surface area (Å²) in [6.45, 7) is 0. The number of nitro benzene ring substituents is 1. The Labute approximate surface area is 88.0 Å². The summed E-state index contributed by atoms with van der Waals surface area (Å²) in [6.07, 6.45) is 0. The largest absolute Gasteiger partial charge is 0.391 e. The molecule has 0 fully saturated rings. The van der Waals surface area contributed by atoms with E-state index >= 15 is 0 Å². The van der Waals surface area contributed by atoms with Gasteiger partial charge in [-0.3, -0.25) is 10.1 Å². The van der Waals surface area contributed by atoms with Gasteiger partial charge in [0.25, 0.3) is 5.69 Å². The number of rotatable bonds is 1. The Morgan fingerprint density at radius 3 is 2.86 bits per heavy atom. The van der Waals surface area contributed by atoms with E-state index in [2.05, 4.69) is 0 Å². The maximum atomic E-state index is 10.7. The highest BCUT2D eigenvalue weighted by Gasteiger charge is 2.15. The predicted molar refractivity (Wildman–Crippen MR) is 57.9 cm³/mol. The lowest BCUT2D eigenvalue weighted by atomic mass is 10.2. The number of hydrogen-bond acceptors (Lipinski definition) is 4. The minimum absolute atomic E-state index is 0.0392. The molecule has 0 saturated heterocycles. The molecule has 0 radical (unpaired) electrons. The van der Waals surface area contributed by atoms with Gasteiger partial charge < -0.3 is 5.73 Å².